The van der Waals surface area contributed by atoms with Crippen molar-refractivity contribution in [2.45, 2.75) is 6.92 Å². The highest BCUT2D eigenvalue weighted by atomic mass is 35.5. The van der Waals surface area contributed by atoms with Crippen LogP contribution in [0.2, 0.25) is 5.28 Å². The van der Waals surface area contributed by atoms with Crippen molar-refractivity contribution < 1.29 is 4.79 Å². The van der Waals surface area contributed by atoms with E-state index in [2.05, 4.69) is 15.0 Å². The van der Waals surface area contributed by atoms with E-state index in [4.69, 9.17) is 11.6 Å². The highest BCUT2D eigenvalue weighted by molar-refractivity contribution is 6.28. The molecule has 0 aliphatic heterocycles. The SMILES string of the molecule is Cc1cc2c(C=O)nc(Cl)nc2[nH]1. The van der Waals surface area contributed by atoms with Gasteiger partial charge in [0.2, 0.25) is 5.28 Å². The average molecular weight is 196 g/mol. The fourth-order valence-electron chi connectivity index (χ4n) is 1.23. The Morgan fingerprint density at radius 3 is 3.00 bits per heavy atom. The Morgan fingerprint density at radius 2 is 2.31 bits per heavy atom. The molecule has 0 saturated heterocycles. The van der Waals surface area contributed by atoms with Gasteiger partial charge in [-0.3, -0.25) is 4.79 Å². The third-order valence-electron chi connectivity index (χ3n) is 1.74. The van der Waals surface area contributed by atoms with Crippen LogP contribution in [0.3, 0.4) is 0 Å². The van der Waals surface area contributed by atoms with E-state index in [1.165, 1.54) is 0 Å². The Balaban J connectivity index is 2.88. The highest BCUT2D eigenvalue weighted by Crippen LogP contribution is 2.17. The molecule has 1 N–H and O–H groups in total. The minimum Gasteiger partial charge on any atom is -0.343 e. The van der Waals surface area contributed by atoms with Crippen molar-refractivity contribution in [1.82, 2.24) is 15.0 Å². The molecule has 2 aromatic heterocycles. The molecule has 2 rings (SSSR count). The normalized spacial score (nSPS) is 10.6. The van der Waals surface area contributed by atoms with Gasteiger partial charge >= 0.3 is 0 Å². The lowest BCUT2D eigenvalue weighted by Gasteiger charge is -1.93. The Morgan fingerprint density at radius 1 is 1.54 bits per heavy atom. The van der Waals surface area contributed by atoms with Crippen molar-refractivity contribution in [1.29, 1.82) is 0 Å². The molecule has 0 aliphatic carbocycles. The zero-order valence-electron chi connectivity index (χ0n) is 6.84. The van der Waals surface area contributed by atoms with Gasteiger partial charge in [-0.2, -0.15) is 4.98 Å². The first kappa shape index (κ1) is 8.19. The Bertz CT molecular complexity index is 477. The van der Waals surface area contributed by atoms with Crippen molar-refractivity contribution in [3.63, 3.8) is 0 Å². The van der Waals surface area contributed by atoms with Crippen LogP contribution in [-0.4, -0.2) is 21.2 Å². The maximum atomic E-state index is 10.6. The maximum Gasteiger partial charge on any atom is 0.225 e. The number of halogens is 1. The monoisotopic (exact) mass is 195 g/mol. The van der Waals surface area contributed by atoms with Crippen LogP contribution in [0.25, 0.3) is 11.0 Å². The van der Waals surface area contributed by atoms with Crippen LogP contribution in [0, 0.1) is 6.92 Å². The second kappa shape index (κ2) is 2.81. The molecule has 0 aliphatic rings. The molecule has 0 amide bonds. The fourth-order valence-corrected chi connectivity index (χ4v) is 1.40. The van der Waals surface area contributed by atoms with Gasteiger partial charge in [0.25, 0.3) is 0 Å². The number of nitrogens with one attached hydrogen (secondary N) is 1. The average Bonchev–Trinajstić information content (AvgIpc) is 2.43. The third kappa shape index (κ3) is 1.29. The Kier molecular flexibility index (Phi) is 1.77. The van der Waals surface area contributed by atoms with E-state index in [9.17, 15) is 4.79 Å². The van der Waals surface area contributed by atoms with Crippen LogP contribution in [0.15, 0.2) is 6.07 Å². The van der Waals surface area contributed by atoms with Gasteiger partial charge in [0.1, 0.15) is 11.3 Å². The summed E-state index contributed by atoms with van der Waals surface area (Å²) in [6.07, 6.45) is 0.670. The van der Waals surface area contributed by atoms with Crippen LogP contribution in [-0.2, 0) is 0 Å². The molecule has 2 heterocycles. The molecular weight excluding hydrogens is 190 g/mol. The number of aromatic amines is 1. The molecule has 0 radical (unpaired) electrons. The van der Waals surface area contributed by atoms with E-state index in [1.807, 2.05) is 13.0 Å². The van der Waals surface area contributed by atoms with Crippen molar-refractivity contribution in [3.05, 3.63) is 22.7 Å². The number of aldehydes is 1. The van der Waals surface area contributed by atoms with E-state index in [1.54, 1.807) is 0 Å². The first-order valence-corrected chi connectivity index (χ1v) is 4.06. The van der Waals surface area contributed by atoms with E-state index in [0.717, 1.165) is 5.69 Å². The van der Waals surface area contributed by atoms with Gasteiger partial charge in [0, 0.05) is 11.1 Å². The number of aryl methyl sites for hydroxylation is 1. The van der Waals surface area contributed by atoms with Crippen LogP contribution in [0.1, 0.15) is 16.2 Å². The summed E-state index contributed by atoms with van der Waals surface area (Å²) in [6.45, 7) is 1.88. The summed E-state index contributed by atoms with van der Waals surface area (Å²) < 4.78 is 0. The Hall–Kier alpha value is -1.42. The molecule has 0 aromatic carbocycles. The van der Waals surface area contributed by atoms with Crippen molar-refractivity contribution in [2.75, 3.05) is 0 Å². The minimum atomic E-state index is 0.0800. The first-order valence-electron chi connectivity index (χ1n) is 3.69. The van der Waals surface area contributed by atoms with Crippen LogP contribution in [0.4, 0.5) is 0 Å². The van der Waals surface area contributed by atoms with E-state index in [-0.39, 0.29) is 5.28 Å². The number of aromatic nitrogens is 3. The van der Waals surface area contributed by atoms with Crippen LogP contribution >= 0.6 is 11.6 Å². The summed E-state index contributed by atoms with van der Waals surface area (Å²) in [6, 6.07) is 1.81. The molecule has 0 atom stereocenters. The summed E-state index contributed by atoms with van der Waals surface area (Å²) in [4.78, 5) is 21.3. The molecule has 5 heteroatoms. The van der Waals surface area contributed by atoms with Crippen LogP contribution < -0.4 is 0 Å². The predicted octanol–water partition coefficient (Wildman–Crippen LogP) is 1.73. The molecule has 0 unspecified atom stereocenters. The van der Waals surface area contributed by atoms with Gasteiger partial charge in [-0.05, 0) is 24.6 Å². The largest absolute Gasteiger partial charge is 0.343 e. The number of hydrogen-bond donors (Lipinski definition) is 1. The zero-order valence-corrected chi connectivity index (χ0v) is 7.59. The second-order valence-corrected chi connectivity index (χ2v) is 3.05. The van der Waals surface area contributed by atoms with Gasteiger partial charge in [-0.1, -0.05) is 0 Å². The number of rotatable bonds is 1. The standard InChI is InChI=1S/C8H6ClN3O/c1-4-2-5-6(3-13)11-8(9)12-7(5)10-4/h2-3H,1H3,(H,10,11,12). The highest BCUT2D eigenvalue weighted by Gasteiger charge is 2.07. The topological polar surface area (TPSA) is 58.6 Å². The smallest absolute Gasteiger partial charge is 0.225 e. The quantitative estimate of drug-likeness (QED) is 0.557. The van der Waals surface area contributed by atoms with Gasteiger partial charge in [0.05, 0.1) is 0 Å². The number of nitrogens with zero attached hydrogens (tertiary/aromatic N) is 2. The zero-order chi connectivity index (χ0) is 9.42. The minimum absolute atomic E-state index is 0.0800. The summed E-state index contributed by atoms with van der Waals surface area (Å²) in [7, 11) is 0. The number of hydrogen-bond acceptors (Lipinski definition) is 3. The number of carbonyl (C=O) groups is 1. The lowest BCUT2D eigenvalue weighted by Crippen LogP contribution is -1.91. The first-order chi connectivity index (χ1) is 6.20. The predicted molar refractivity (Wildman–Crippen MR) is 49.0 cm³/mol. The summed E-state index contributed by atoms with van der Waals surface area (Å²) >= 11 is 5.61. The lowest BCUT2D eigenvalue weighted by atomic mass is 10.3. The van der Waals surface area contributed by atoms with Crippen molar-refractivity contribution in [3.8, 4) is 0 Å². The Labute approximate surface area is 79.0 Å². The molecule has 0 fully saturated rings. The molecule has 0 bridgehead atoms. The number of carbonyl (C=O) groups excluding carboxylic acids is 1. The third-order valence-corrected chi connectivity index (χ3v) is 1.90. The number of fused-ring (bicyclic) bond motifs is 1. The number of H-pyrrole nitrogens is 1. The molecule has 0 saturated carbocycles. The summed E-state index contributed by atoms with van der Waals surface area (Å²) in [5.74, 6) is 0. The van der Waals surface area contributed by atoms with Gasteiger partial charge in [0.15, 0.2) is 6.29 Å². The molecule has 2 aromatic rings. The van der Waals surface area contributed by atoms with Crippen molar-refractivity contribution in [2.24, 2.45) is 0 Å². The maximum absolute atomic E-state index is 10.6. The second-order valence-electron chi connectivity index (χ2n) is 2.71. The fraction of sp³-hybridized carbons (Fsp3) is 0.125. The van der Waals surface area contributed by atoms with Gasteiger partial charge in [-0.25, -0.2) is 4.98 Å². The summed E-state index contributed by atoms with van der Waals surface area (Å²) in [5, 5.41) is 0.786. The molecule has 4 nitrogen and oxygen atoms in total. The van der Waals surface area contributed by atoms with Crippen LogP contribution in [0.5, 0.6) is 0 Å². The van der Waals surface area contributed by atoms with Crippen molar-refractivity contribution >= 4 is 28.9 Å². The molecule has 66 valence electrons. The summed E-state index contributed by atoms with van der Waals surface area (Å²) in [5.41, 5.74) is 1.84. The molecule has 13 heavy (non-hydrogen) atoms. The molecule has 0 spiro atoms. The van der Waals surface area contributed by atoms with E-state index >= 15 is 0 Å². The van der Waals surface area contributed by atoms with E-state index < -0.39 is 0 Å². The van der Waals surface area contributed by atoms with E-state index in [0.29, 0.717) is 23.0 Å². The molecular formula is C8H6ClN3O. The van der Waals surface area contributed by atoms with Gasteiger partial charge in [-0.15, -0.1) is 0 Å². The van der Waals surface area contributed by atoms with Gasteiger partial charge < -0.3 is 4.98 Å². The lowest BCUT2D eigenvalue weighted by molar-refractivity contribution is 0.112.